The fourth-order valence-electron chi connectivity index (χ4n) is 2.12. The van der Waals surface area contributed by atoms with E-state index in [0.717, 1.165) is 6.54 Å². The van der Waals surface area contributed by atoms with Gasteiger partial charge in [-0.1, -0.05) is 6.92 Å². The topological polar surface area (TPSA) is 29.9 Å². The lowest BCUT2D eigenvalue weighted by Gasteiger charge is -2.22. The van der Waals surface area contributed by atoms with E-state index in [1.54, 1.807) is 0 Å². The van der Waals surface area contributed by atoms with Gasteiger partial charge in [0, 0.05) is 12.7 Å². The number of imidazole rings is 1. The zero-order valence-corrected chi connectivity index (χ0v) is 8.38. The maximum Gasteiger partial charge on any atom is 0.0949 e. The Morgan fingerprint density at radius 1 is 1.69 bits per heavy atom. The monoisotopic (exact) mass is 179 g/mol. The van der Waals surface area contributed by atoms with Gasteiger partial charge in [-0.3, -0.25) is 0 Å². The number of nitrogens with zero attached hydrogens (tertiary/aromatic N) is 2. The number of hydrogen-bond donors (Lipinski definition) is 1. The molecule has 2 rings (SSSR count). The Labute approximate surface area is 79.2 Å². The summed E-state index contributed by atoms with van der Waals surface area (Å²) >= 11 is 0. The summed E-state index contributed by atoms with van der Waals surface area (Å²) in [4.78, 5) is 4.46. The summed E-state index contributed by atoms with van der Waals surface area (Å²) in [5.74, 6) is 0. The summed E-state index contributed by atoms with van der Waals surface area (Å²) in [5.41, 5.74) is 2.69. The van der Waals surface area contributed by atoms with E-state index in [9.17, 15) is 0 Å². The Bertz CT molecular complexity index is 290. The van der Waals surface area contributed by atoms with E-state index in [1.807, 2.05) is 6.33 Å². The van der Waals surface area contributed by atoms with Crippen LogP contribution in [0.5, 0.6) is 0 Å². The molecule has 1 atom stereocenters. The Balaban J connectivity index is 2.27. The second-order valence-corrected chi connectivity index (χ2v) is 3.69. The van der Waals surface area contributed by atoms with Gasteiger partial charge in [-0.25, -0.2) is 4.98 Å². The smallest absolute Gasteiger partial charge is 0.0949 e. The van der Waals surface area contributed by atoms with E-state index >= 15 is 0 Å². The number of fused-ring (bicyclic) bond motifs is 1. The molecular formula is C10H17N3. The Hall–Kier alpha value is -0.830. The molecule has 0 radical (unpaired) electrons. The van der Waals surface area contributed by atoms with Crippen molar-refractivity contribution < 1.29 is 0 Å². The van der Waals surface area contributed by atoms with Crippen molar-refractivity contribution in [2.75, 3.05) is 6.54 Å². The van der Waals surface area contributed by atoms with Crippen molar-refractivity contribution in [2.24, 2.45) is 7.05 Å². The van der Waals surface area contributed by atoms with Gasteiger partial charge < -0.3 is 9.88 Å². The number of aromatic nitrogens is 2. The molecule has 3 heteroatoms. The molecule has 1 N–H and O–H groups in total. The predicted octanol–water partition coefficient (Wildman–Crippen LogP) is 1.41. The zero-order chi connectivity index (χ0) is 9.26. The number of rotatable bonds is 2. The third-order valence-electron chi connectivity index (χ3n) is 2.78. The van der Waals surface area contributed by atoms with E-state index < -0.39 is 0 Å². The van der Waals surface area contributed by atoms with Gasteiger partial charge in [0.15, 0.2) is 0 Å². The van der Waals surface area contributed by atoms with Crippen molar-refractivity contribution in [3.05, 3.63) is 17.7 Å². The van der Waals surface area contributed by atoms with Crippen LogP contribution in [0.1, 0.15) is 37.2 Å². The first-order valence-electron chi connectivity index (χ1n) is 5.06. The average molecular weight is 179 g/mol. The molecule has 1 aromatic rings. The van der Waals surface area contributed by atoms with E-state index in [4.69, 9.17) is 0 Å². The third kappa shape index (κ3) is 1.48. The van der Waals surface area contributed by atoms with E-state index in [1.165, 1.54) is 30.7 Å². The van der Waals surface area contributed by atoms with E-state index in [-0.39, 0.29) is 0 Å². The largest absolute Gasteiger partial charge is 0.337 e. The van der Waals surface area contributed by atoms with Crippen molar-refractivity contribution in [3.63, 3.8) is 0 Å². The molecule has 0 aliphatic heterocycles. The first kappa shape index (κ1) is 8.75. The number of hydrogen-bond acceptors (Lipinski definition) is 2. The van der Waals surface area contributed by atoms with Gasteiger partial charge in [0.05, 0.1) is 18.1 Å². The summed E-state index contributed by atoms with van der Waals surface area (Å²) in [7, 11) is 2.08. The van der Waals surface area contributed by atoms with Crippen molar-refractivity contribution in [1.82, 2.24) is 14.9 Å². The summed E-state index contributed by atoms with van der Waals surface area (Å²) < 4.78 is 2.15. The van der Waals surface area contributed by atoms with Crippen LogP contribution in [-0.2, 0) is 13.5 Å². The molecule has 0 aromatic carbocycles. The van der Waals surface area contributed by atoms with Crippen LogP contribution in [0.15, 0.2) is 6.33 Å². The maximum absolute atomic E-state index is 4.46. The highest BCUT2D eigenvalue weighted by Crippen LogP contribution is 2.27. The molecule has 1 heterocycles. The van der Waals surface area contributed by atoms with Gasteiger partial charge in [0.25, 0.3) is 0 Å². The first-order valence-corrected chi connectivity index (χ1v) is 5.06. The summed E-state index contributed by atoms with van der Waals surface area (Å²) in [5, 5.41) is 3.48. The summed E-state index contributed by atoms with van der Waals surface area (Å²) in [6.45, 7) is 3.18. The van der Waals surface area contributed by atoms with Gasteiger partial charge in [-0.2, -0.15) is 0 Å². The SMILES string of the molecule is CCNC1CCCc2c1ncn2C. The Kier molecular flexibility index (Phi) is 2.36. The lowest BCUT2D eigenvalue weighted by Crippen LogP contribution is -2.25. The molecule has 0 saturated heterocycles. The van der Waals surface area contributed by atoms with Crippen LogP contribution in [0.4, 0.5) is 0 Å². The third-order valence-corrected chi connectivity index (χ3v) is 2.78. The molecule has 0 amide bonds. The molecule has 1 aromatic heterocycles. The van der Waals surface area contributed by atoms with Crippen molar-refractivity contribution in [2.45, 2.75) is 32.2 Å². The predicted molar refractivity (Wildman–Crippen MR) is 52.6 cm³/mol. The van der Waals surface area contributed by atoms with Gasteiger partial charge in [-0.05, 0) is 25.8 Å². The molecule has 1 aliphatic rings. The fraction of sp³-hybridized carbons (Fsp3) is 0.700. The van der Waals surface area contributed by atoms with Crippen LogP contribution in [0.25, 0.3) is 0 Å². The van der Waals surface area contributed by atoms with Gasteiger partial charge in [0.2, 0.25) is 0 Å². The van der Waals surface area contributed by atoms with Crippen LogP contribution in [0, 0.1) is 0 Å². The molecule has 1 aliphatic carbocycles. The highest BCUT2D eigenvalue weighted by Gasteiger charge is 2.22. The van der Waals surface area contributed by atoms with Crippen molar-refractivity contribution in [1.29, 1.82) is 0 Å². The maximum atomic E-state index is 4.46. The van der Waals surface area contributed by atoms with E-state index in [0.29, 0.717) is 6.04 Å². The van der Waals surface area contributed by atoms with E-state index in [2.05, 4.69) is 28.8 Å². The molecular weight excluding hydrogens is 162 g/mol. The standard InChI is InChI=1S/C10H17N3/c1-3-11-8-5-4-6-9-10(8)12-7-13(9)2/h7-8,11H,3-6H2,1-2H3. The van der Waals surface area contributed by atoms with Crippen LogP contribution in [0.3, 0.4) is 0 Å². The second-order valence-electron chi connectivity index (χ2n) is 3.69. The second kappa shape index (κ2) is 3.50. The minimum Gasteiger partial charge on any atom is -0.337 e. The van der Waals surface area contributed by atoms with Crippen molar-refractivity contribution >= 4 is 0 Å². The normalized spacial score (nSPS) is 21.5. The molecule has 3 nitrogen and oxygen atoms in total. The van der Waals surface area contributed by atoms with Crippen LogP contribution >= 0.6 is 0 Å². The molecule has 13 heavy (non-hydrogen) atoms. The zero-order valence-electron chi connectivity index (χ0n) is 8.38. The van der Waals surface area contributed by atoms with Crippen LogP contribution in [-0.4, -0.2) is 16.1 Å². The Morgan fingerprint density at radius 2 is 2.54 bits per heavy atom. The molecule has 0 spiro atoms. The molecule has 1 unspecified atom stereocenters. The minimum atomic E-state index is 0.495. The fourth-order valence-corrected chi connectivity index (χ4v) is 2.12. The van der Waals surface area contributed by atoms with Crippen molar-refractivity contribution in [3.8, 4) is 0 Å². The summed E-state index contributed by atoms with van der Waals surface area (Å²) in [6.07, 6.45) is 5.64. The minimum absolute atomic E-state index is 0.495. The average Bonchev–Trinajstić information content (AvgIpc) is 2.50. The van der Waals surface area contributed by atoms with Crippen LogP contribution in [0.2, 0.25) is 0 Å². The molecule has 0 saturated carbocycles. The van der Waals surface area contributed by atoms with Gasteiger partial charge in [0.1, 0.15) is 0 Å². The quantitative estimate of drug-likeness (QED) is 0.744. The van der Waals surface area contributed by atoms with Gasteiger partial charge >= 0.3 is 0 Å². The highest BCUT2D eigenvalue weighted by atomic mass is 15.1. The highest BCUT2D eigenvalue weighted by molar-refractivity contribution is 5.20. The molecule has 72 valence electrons. The first-order chi connectivity index (χ1) is 6.33. The lowest BCUT2D eigenvalue weighted by molar-refractivity contribution is 0.457. The molecule has 0 fully saturated rings. The number of aryl methyl sites for hydroxylation is 1. The lowest BCUT2D eigenvalue weighted by atomic mass is 9.96. The molecule has 0 bridgehead atoms. The van der Waals surface area contributed by atoms with Gasteiger partial charge in [-0.15, -0.1) is 0 Å². The number of nitrogens with one attached hydrogen (secondary N) is 1. The summed E-state index contributed by atoms with van der Waals surface area (Å²) in [6, 6.07) is 0.495. The van der Waals surface area contributed by atoms with Crippen LogP contribution < -0.4 is 5.32 Å². The Morgan fingerprint density at radius 3 is 3.31 bits per heavy atom.